The molecule has 1 aliphatic rings. The summed E-state index contributed by atoms with van der Waals surface area (Å²) in [6.07, 6.45) is 0. The highest BCUT2D eigenvalue weighted by Gasteiger charge is 2.16. The molecule has 33 heavy (non-hydrogen) atoms. The van der Waals surface area contributed by atoms with Gasteiger partial charge in [0.1, 0.15) is 28.9 Å². The van der Waals surface area contributed by atoms with Gasteiger partial charge in [-0.2, -0.15) is 5.10 Å². The zero-order chi connectivity index (χ0) is 23.2. The molecule has 0 unspecified atom stereocenters. The van der Waals surface area contributed by atoms with E-state index in [1.54, 1.807) is 24.9 Å². The lowest BCUT2D eigenvalue weighted by molar-refractivity contribution is 0.0945. The first kappa shape index (κ1) is 22.5. The van der Waals surface area contributed by atoms with Gasteiger partial charge in [-0.3, -0.25) is 9.48 Å². The number of aryl methyl sites for hydroxylation is 2. The van der Waals surface area contributed by atoms with Crippen molar-refractivity contribution in [3.8, 4) is 17.0 Å². The normalized spacial score (nSPS) is 13.6. The summed E-state index contributed by atoms with van der Waals surface area (Å²) in [5.74, 6) is 2.88. The van der Waals surface area contributed by atoms with Gasteiger partial charge in [0.25, 0.3) is 5.91 Å². The number of amides is 1. The number of nitrogens with one attached hydrogen (secondary N) is 2. The number of carbonyl (C=O) groups excluding carboxylic acids is 1. The van der Waals surface area contributed by atoms with Gasteiger partial charge in [-0.05, 0) is 25.1 Å². The van der Waals surface area contributed by atoms with Gasteiger partial charge in [-0.25, -0.2) is 9.97 Å². The van der Waals surface area contributed by atoms with Crippen LogP contribution in [0.1, 0.15) is 16.3 Å². The predicted octanol–water partition coefficient (Wildman–Crippen LogP) is 1.87. The zero-order valence-electron chi connectivity index (χ0n) is 19.2. The molecule has 174 valence electrons. The van der Waals surface area contributed by atoms with E-state index >= 15 is 0 Å². The van der Waals surface area contributed by atoms with Crippen LogP contribution in [0.2, 0.25) is 0 Å². The molecule has 1 aliphatic heterocycles. The van der Waals surface area contributed by atoms with Crippen molar-refractivity contribution in [2.24, 2.45) is 7.05 Å². The van der Waals surface area contributed by atoms with Crippen molar-refractivity contribution in [1.82, 2.24) is 25.1 Å². The van der Waals surface area contributed by atoms with E-state index in [9.17, 15) is 4.79 Å². The van der Waals surface area contributed by atoms with E-state index in [1.807, 2.05) is 37.3 Å². The lowest BCUT2D eigenvalue weighted by Crippen LogP contribution is -2.37. The van der Waals surface area contributed by atoms with Crippen molar-refractivity contribution < 1.29 is 14.3 Å². The molecular formula is C23H29N7O3. The van der Waals surface area contributed by atoms with Crippen LogP contribution in [0, 0.1) is 6.92 Å². The Morgan fingerprint density at radius 2 is 1.97 bits per heavy atom. The number of ether oxygens (including phenoxy) is 2. The Morgan fingerprint density at radius 3 is 2.76 bits per heavy atom. The minimum Gasteiger partial charge on any atom is -0.497 e. The second-order valence-electron chi connectivity index (χ2n) is 7.71. The third-order valence-electron chi connectivity index (χ3n) is 5.35. The molecule has 3 aromatic rings. The maximum atomic E-state index is 12.7. The van der Waals surface area contributed by atoms with Gasteiger partial charge in [-0.1, -0.05) is 12.1 Å². The number of morpholine rings is 1. The van der Waals surface area contributed by atoms with Crippen LogP contribution in [0.25, 0.3) is 11.3 Å². The summed E-state index contributed by atoms with van der Waals surface area (Å²) >= 11 is 0. The highest BCUT2D eigenvalue weighted by Crippen LogP contribution is 2.23. The standard InChI is InChI=1S/C23H29N7O3/c1-16-26-21(15-22(27-16)30-9-11-33-12-10-30)24-7-8-25-23(31)20-14-19(28-29(20)2)17-5-4-6-18(13-17)32-3/h4-6,13-15H,7-12H2,1-3H3,(H,25,31)(H,24,26,27). The van der Waals surface area contributed by atoms with Crippen LogP contribution in [0.15, 0.2) is 36.4 Å². The number of rotatable bonds is 8. The Labute approximate surface area is 192 Å². The van der Waals surface area contributed by atoms with E-state index in [0.29, 0.717) is 43.5 Å². The van der Waals surface area contributed by atoms with Crippen LogP contribution in [0.4, 0.5) is 11.6 Å². The monoisotopic (exact) mass is 451 g/mol. The van der Waals surface area contributed by atoms with Crippen LogP contribution in [-0.4, -0.2) is 72.2 Å². The first-order valence-corrected chi connectivity index (χ1v) is 10.9. The van der Waals surface area contributed by atoms with E-state index in [1.165, 1.54) is 0 Å². The number of aromatic nitrogens is 4. The van der Waals surface area contributed by atoms with Gasteiger partial charge < -0.3 is 25.0 Å². The lowest BCUT2D eigenvalue weighted by atomic mass is 10.1. The highest BCUT2D eigenvalue weighted by atomic mass is 16.5. The molecule has 0 radical (unpaired) electrons. The molecule has 0 aliphatic carbocycles. The van der Waals surface area contributed by atoms with Gasteiger partial charge in [0.05, 0.1) is 26.0 Å². The summed E-state index contributed by atoms with van der Waals surface area (Å²) in [7, 11) is 3.38. The number of nitrogens with zero attached hydrogens (tertiary/aromatic N) is 5. The summed E-state index contributed by atoms with van der Waals surface area (Å²) in [5.41, 5.74) is 2.09. The van der Waals surface area contributed by atoms with Gasteiger partial charge in [-0.15, -0.1) is 0 Å². The van der Waals surface area contributed by atoms with Gasteiger partial charge in [0.2, 0.25) is 0 Å². The Kier molecular flexibility index (Phi) is 7.04. The Bertz CT molecular complexity index is 1110. The third-order valence-corrected chi connectivity index (χ3v) is 5.35. The number of methoxy groups -OCH3 is 1. The molecule has 2 N–H and O–H groups in total. The van der Waals surface area contributed by atoms with Crippen molar-refractivity contribution in [2.75, 3.05) is 56.7 Å². The quantitative estimate of drug-likeness (QED) is 0.500. The lowest BCUT2D eigenvalue weighted by Gasteiger charge is -2.28. The molecule has 0 bridgehead atoms. The number of hydrogen-bond acceptors (Lipinski definition) is 8. The van der Waals surface area contributed by atoms with Crippen molar-refractivity contribution in [3.05, 3.63) is 47.9 Å². The number of hydrogen-bond donors (Lipinski definition) is 2. The molecule has 0 spiro atoms. The maximum absolute atomic E-state index is 12.7. The second kappa shape index (κ2) is 10.3. The summed E-state index contributed by atoms with van der Waals surface area (Å²) in [4.78, 5) is 23.9. The molecular weight excluding hydrogens is 422 g/mol. The molecule has 3 heterocycles. The zero-order valence-corrected chi connectivity index (χ0v) is 19.2. The molecule has 1 aromatic carbocycles. The fourth-order valence-electron chi connectivity index (χ4n) is 3.66. The molecule has 1 fully saturated rings. The molecule has 0 atom stereocenters. The summed E-state index contributed by atoms with van der Waals surface area (Å²) in [5, 5.41) is 10.7. The molecule has 0 saturated carbocycles. The Hall–Kier alpha value is -3.66. The topological polar surface area (TPSA) is 106 Å². The fourth-order valence-corrected chi connectivity index (χ4v) is 3.66. The number of benzene rings is 1. The van der Waals surface area contributed by atoms with Crippen LogP contribution in [-0.2, 0) is 11.8 Å². The van der Waals surface area contributed by atoms with E-state index in [2.05, 4.69) is 30.6 Å². The Morgan fingerprint density at radius 1 is 1.15 bits per heavy atom. The van der Waals surface area contributed by atoms with Gasteiger partial charge >= 0.3 is 0 Å². The summed E-state index contributed by atoms with van der Waals surface area (Å²) in [6.45, 7) is 5.87. The van der Waals surface area contributed by atoms with Crippen LogP contribution >= 0.6 is 0 Å². The highest BCUT2D eigenvalue weighted by molar-refractivity contribution is 5.93. The minimum atomic E-state index is -0.186. The first-order chi connectivity index (χ1) is 16.0. The average Bonchev–Trinajstić information content (AvgIpc) is 3.23. The molecule has 2 aromatic heterocycles. The largest absolute Gasteiger partial charge is 0.497 e. The second-order valence-corrected chi connectivity index (χ2v) is 7.71. The van der Waals surface area contributed by atoms with Crippen molar-refractivity contribution in [3.63, 3.8) is 0 Å². The summed E-state index contributed by atoms with van der Waals surface area (Å²) in [6, 6.07) is 11.3. The van der Waals surface area contributed by atoms with Gasteiger partial charge in [0.15, 0.2) is 0 Å². The van der Waals surface area contributed by atoms with Crippen molar-refractivity contribution in [1.29, 1.82) is 0 Å². The van der Waals surface area contributed by atoms with E-state index in [4.69, 9.17) is 9.47 Å². The SMILES string of the molecule is COc1cccc(-c2cc(C(=O)NCCNc3cc(N4CCOCC4)nc(C)n3)n(C)n2)c1. The minimum absolute atomic E-state index is 0.186. The van der Waals surface area contributed by atoms with Crippen LogP contribution in [0.5, 0.6) is 5.75 Å². The molecule has 1 amide bonds. The first-order valence-electron chi connectivity index (χ1n) is 10.9. The molecule has 10 heteroatoms. The van der Waals surface area contributed by atoms with Crippen molar-refractivity contribution >= 4 is 17.5 Å². The number of carbonyl (C=O) groups is 1. The van der Waals surface area contributed by atoms with Crippen LogP contribution in [0.3, 0.4) is 0 Å². The van der Waals surface area contributed by atoms with Crippen LogP contribution < -0.4 is 20.3 Å². The molecule has 4 rings (SSSR count). The predicted molar refractivity (Wildman–Crippen MR) is 126 cm³/mol. The third kappa shape index (κ3) is 5.58. The molecule has 1 saturated heterocycles. The number of anilines is 2. The summed E-state index contributed by atoms with van der Waals surface area (Å²) < 4.78 is 12.3. The average molecular weight is 452 g/mol. The van der Waals surface area contributed by atoms with Crippen molar-refractivity contribution in [2.45, 2.75) is 6.92 Å². The van der Waals surface area contributed by atoms with Gasteiger partial charge in [0, 0.05) is 44.9 Å². The maximum Gasteiger partial charge on any atom is 0.269 e. The Balaban J connectivity index is 1.33. The van der Waals surface area contributed by atoms with E-state index in [0.717, 1.165) is 36.0 Å². The molecule has 10 nitrogen and oxygen atoms in total. The van der Waals surface area contributed by atoms with E-state index < -0.39 is 0 Å². The smallest absolute Gasteiger partial charge is 0.269 e. The van der Waals surface area contributed by atoms with E-state index in [-0.39, 0.29) is 5.91 Å². The fraction of sp³-hybridized carbons (Fsp3) is 0.391.